The van der Waals surface area contributed by atoms with Gasteiger partial charge in [-0.25, -0.2) is 27.5 Å². The first-order valence-corrected chi connectivity index (χ1v) is 39.4. The van der Waals surface area contributed by atoms with Crippen LogP contribution in [0.1, 0.15) is 53.9 Å². The van der Waals surface area contributed by atoms with Gasteiger partial charge in [0.2, 0.25) is 12.3 Å². The lowest BCUT2D eigenvalue weighted by atomic mass is 9.80. The van der Waals surface area contributed by atoms with Gasteiger partial charge in [0.15, 0.2) is 24.0 Å². The van der Waals surface area contributed by atoms with Crippen molar-refractivity contribution in [1.82, 2.24) is 9.97 Å². The Morgan fingerprint density at radius 1 is 0.361 bits per heavy atom. The number of ketones is 3. The Balaban J connectivity index is 0.000000166. The third-order valence-corrected chi connectivity index (χ3v) is 19.1. The Labute approximate surface area is 725 Å². The molecule has 590 valence electrons. The molecule has 18 heteroatoms. The fourth-order valence-corrected chi connectivity index (χ4v) is 12.2. The molecule has 0 spiro atoms. The normalized spacial score (nSPS) is 10.2. The number of pyridine rings is 3. The molecule has 0 aliphatic rings. The van der Waals surface area contributed by atoms with Crippen molar-refractivity contribution in [1.29, 1.82) is 0 Å². The van der Waals surface area contributed by atoms with Crippen molar-refractivity contribution < 1.29 is 68.3 Å². The molecule has 0 radical (unpaired) electrons. The van der Waals surface area contributed by atoms with Crippen LogP contribution in [0.2, 0.25) is 0 Å². The summed E-state index contributed by atoms with van der Waals surface area (Å²) < 4.78 is 57.6. The molecule has 0 saturated heterocycles. The van der Waals surface area contributed by atoms with Crippen molar-refractivity contribution in [3.05, 3.63) is 471 Å². The van der Waals surface area contributed by atoms with E-state index in [2.05, 4.69) is 133 Å². The molecule has 119 heavy (non-hydrogen) atoms. The maximum atomic E-state index is 14.2. The van der Waals surface area contributed by atoms with Gasteiger partial charge in [0, 0.05) is 81.1 Å². The molecule has 0 aliphatic heterocycles. The Bertz CT molecular complexity index is 5780. The van der Waals surface area contributed by atoms with E-state index in [1.54, 1.807) is 49.4 Å². The topological polar surface area (TPSA) is 138 Å². The highest BCUT2D eigenvalue weighted by atomic mass is 79.9. The number of Topliss-reactive ketones (excluding diaryl/α,β-unsaturated/α-hetero) is 2. The highest BCUT2D eigenvalue weighted by Crippen LogP contribution is 2.34. The van der Waals surface area contributed by atoms with Crippen LogP contribution in [0.15, 0.2) is 420 Å². The van der Waals surface area contributed by atoms with E-state index < -0.39 is 35.9 Å². The second-order valence-corrected chi connectivity index (χ2v) is 28.8. The number of hydrogen-bond acceptors (Lipinski definition) is 8. The lowest BCUT2D eigenvalue weighted by Gasteiger charge is -2.11. The third-order valence-electron chi connectivity index (χ3n) is 17.5. The number of nitrogens with zero attached hydrogens (tertiary/aromatic N) is 3. The fourth-order valence-electron chi connectivity index (χ4n) is 11.4. The van der Waals surface area contributed by atoms with Gasteiger partial charge in [-0.3, -0.25) is 19.2 Å². The van der Waals surface area contributed by atoms with Gasteiger partial charge in [-0.15, -0.1) is 0 Å². The first-order valence-electron chi connectivity index (χ1n) is 37.0. The molecule has 13 aromatic carbocycles. The maximum Gasteiger partial charge on any atom is 0.491 e. The summed E-state index contributed by atoms with van der Waals surface area (Å²) in [6, 6.07) is 120. The van der Waals surface area contributed by atoms with E-state index in [1.807, 2.05) is 254 Å². The van der Waals surface area contributed by atoms with Gasteiger partial charge in [0.05, 0.1) is 22.8 Å². The molecule has 0 bridgehead atoms. The molecule has 0 aliphatic carbocycles. The number of carbonyl (C=O) groups is 4. The number of carbonyl (C=O) groups excluding carboxylic acids is 4. The van der Waals surface area contributed by atoms with E-state index in [1.165, 1.54) is 17.2 Å². The number of rotatable bonds is 16. The Morgan fingerprint density at radius 3 is 1.11 bits per heavy atom. The molecule has 0 atom stereocenters. The highest BCUT2D eigenvalue weighted by Gasteiger charge is 2.18. The first-order chi connectivity index (χ1) is 57.3. The summed E-state index contributed by atoms with van der Waals surface area (Å²) in [4.78, 5) is 54.2. The zero-order chi connectivity index (χ0) is 83.4. The van der Waals surface area contributed by atoms with E-state index in [4.69, 9.17) is 20.0 Å². The Hall–Kier alpha value is -12.6. The summed E-state index contributed by atoms with van der Waals surface area (Å²) in [5, 5.41) is 17.0. The predicted molar refractivity (Wildman–Crippen MR) is 478 cm³/mol. The molecule has 2 N–H and O–H groups in total. The molecule has 16 rings (SSSR count). The molecule has 0 unspecified atom stereocenters. The first kappa shape index (κ1) is 90.3. The second-order valence-electron chi connectivity index (χ2n) is 26.0. The van der Waals surface area contributed by atoms with E-state index >= 15 is 0 Å². The van der Waals surface area contributed by atoms with Crippen LogP contribution in [0.25, 0.3) is 84.5 Å². The Morgan fingerprint density at radius 2 is 0.706 bits per heavy atom. The van der Waals surface area contributed by atoms with Crippen molar-refractivity contribution in [2.75, 3.05) is 0 Å². The predicted octanol–water partition coefficient (Wildman–Crippen LogP) is 21.9. The van der Waals surface area contributed by atoms with Gasteiger partial charge in [0.1, 0.15) is 29.6 Å². The largest absolute Gasteiger partial charge is 1.00 e. The summed E-state index contributed by atoms with van der Waals surface area (Å²) in [5.74, 6) is -2.19. The van der Waals surface area contributed by atoms with E-state index in [-0.39, 0.29) is 39.9 Å². The zero-order valence-electron chi connectivity index (χ0n) is 64.0. The van der Waals surface area contributed by atoms with Crippen LogP contribution in [0.5, 0.6) is 0 Å². The number of allylic oxidation sites excluding steroid dienone is 1. The summed E-state index contributed by atoms with van der Waals surface area (Å²) in [6.07, 6.45) is 8.03. The smallest absolute Gasteiger partial charge is 0.491 e. The van der Waals surface area contributed by atoms with Crippen LogP contribution in [-0.4, -0.2) is 50.8 Å². The van der Waals surface area contributed by atoms with E-state index in [0.29, 0.717) is 17.7 Å². The molecule has 3 aromatic heterocycles. The minimum Gasteiger partial charge on any atom is -1.00 e. The Kier molecular flexibility index (Phi) is 36.1. The summed E-state index contributed by atoms with van der Waals surface area (Å²) in [5.41, 5.74) is 16.7. The van der Waals surface area contributed by atoms with Crippen molar-refractivity contribution in [2.24, 2.45) is 0 Å². The monoisotopic (exact) mass is 1830 g/mol. The number of hydrogen-bond donors (Lipinski definition) is 2. The maximum absolute atomic E-state index is 14.2. The van der Waals surface area contributed by atoms with Crippen molar-refractivity contribution in [2.45, 2.75) is 13.5 Å². The average Bonchev–Trinajstić information content (AvgIpc) is 0.803. The van der Waals surface area contributed by atoms with Crippen LogP contribution < -0.4 is 27.0 Å². The van der Waals surface area contributed by atoms with Crippen molar-refractivity contribution >= 4 is 90.1 Å². The number of aromatic nitrogens is 3. The zero-order valence-corrected chi connectivity index (χ0v) is 70.4. The summed E-state index contributed by atoms with van der Waals surface area (Å²) >= 11 is 10.1. The van der Waals surface area contributed by atoms with Crippen molar-refractivity contribution in [3.8, 4) is 78.4 Å². The van der Waals surface area contributed by atoms with Crippen LogP contribution in [0.3, 0.4) is 0 Å². The summed E-state index contributed by atoms with van der Waals surface area (Å²) in [6.45, 7) is 1.95. The van der Waals surface area contributed by atoms with Gasteiger partial charge in [-0.1, -0.05) is 321 Å². The third kappa shape index (κ3) is 29.2. The molecule has 9 nitrogen and oxygen atoms in total. The number of halogens is 8. The second kappa shape index (κ2) is 47.5. The number of benzene rings is 13. The van der Waals surface area contributed by atoms with Crippen molar-refractivity contribution in [3.63, 3.8) is 0 Å². The van der Waals surface area contributed by atoms with Crippen LogP contribution in [0, 0.1) is 23.3 Å². The van der Waals surface area contributed by atoms with Crippen LogP contribution >= 0.6 is 47.8 Å². The molecular weight excluding hydrogens is 1760 g/mol. The fraction of sp³-hybridized carbons (Fsp3) is 0.0198. The lowest BCUT2D eigenvalue weighted by molar-refractivity contribution is -0.683. The van der Waals surface area contributed by atoms with Gasteiger partial charge in [0.25, 0.3) is 0 Å². The minimum atomic E-state index is -1.97. The van der Waals surface area contributed by atoms with Gasteiger partial charge in [-0.2, -0.15) is 4.57 Å². The molecule has 3 heterocycles. The van der Waals surface area contributed by atoms with Gasteiger partial charge < -0.3 is 27.0 Å². The standard InChI is InChI=1S/C29H19F2N.C23H16BrN.C15H11BrO.C13H12NO.C8H7BrO.C7H6O.C6H5BF2O2.BrH/c30-25-15-16-27(31)26(19-25)21-11-13-23(14-12-21)29-18-24(20-7-3-1-4-8-20)17-28(32-29)22-9-5-2-6-10-22;24-21-13-11-19(12-14-21)23-16-20(17-7-3-1-4-8-17)15-22(25-23)18-9-5-2-6-10-18;16-14-9-7-13(8-10-14)15(17)11-6-12-4-2-1-3-5-12;15-13(12-7-3-1-4-8-12)11-14-9-5-2-6-10-14;1-6(10)7-2-4-8(9)5-3-7;8-6-7-4-2-1-3-5-7;8-4-1-2-6(9)5(3-4)7(10)11;/h1-19H;1-16H;1-11H;1-10H,11H2;2-5H,1H3;1-6H;1-3,10-11H;1H/q;;;+1;;;;/p-1/b;;11-6+;;;;;. The molecular formula is C101H76BBr4F4N3O6. The molecule has 0 amide bonds. The van der Waals surface area contributed by atoms with Gasteiger partial charge >= 0.3 is 7.12 Å². The summed E-state index contributed by atoms with van der Waals surface area (Å²) in [7, 11) is -1.97. The molecule has 16 aromatic rings. The highest BCUT2D eigenvalue weighted by molar-refractivity contribution is 9.11. The average molecular weight is 1830 g/mol. The van der Waals surface area contributed by atoms with Crippen LogP contribution in [-0.2, 0) is 6.54 Å². The SMILES string of the molecule is Brc1ccc(-c2cc(-c3ccccc3)cc(-c3ccccc3)n2)cc1.CC(=O)c1ccc(Br)cc1.Fc1ccc(F)c(-c2ccc(-c3cc(-c4ccccc4)cc(-c4ccccc4)n3)cc2)c1.O=C(/C=C/c1ccccc1)c1ccc(Br)cc1.O=C(C[n+]1ccccc1)c1ccccc1.O=Cc1ccccc1.OB(O)c1cc(F)ccc1F.[Br-]. The lowest BCUT2D eigenvalue weighted by Crippen LogP contribution is -3.00. The van der Waals surface area contributed by atoms with Gasteiger partial charge in [-0.05, 0) is 156 Å². The molecule has 0 saturated carbocycles. The van der Waals surface area contributed by atoms with Crippen LogP contribution in [0.4, 0.5) is 17.6 Å². The van der Waals surface area contributed by atoms with E-state index in [0.717, 1.165) is 128 Å². The quantitative estimate of drug-likeness (QED) is 0.0244. The minimum absolute atomic E-state index is 0. The number of aldehydes is 1. The van der Waals surface area contributed by atoms with E-state index in [9.17, 15) is 36.7 Å². The molecule has 0 fully saturated rings.